The molecule has 2 nitrogen and oxygen atoms in total. The molecular weight excluding hydrogens is 210 g/mol. The quantitative estimate of drug-likeness (QED) is 0.863. The van der Waals surface area contributed by atoms with E-state index in [9.17, 15) is 0 Å². The molecule has 0 unspecified atom stereocenters. The van der Waals surface area contributed by atoms with Crippen LogP contribution < -0.4 is 10.1 Å². The minimum Gasteiger partial charge on any atom is -0.497 e. The normalized spacial score (nSPS) is 23.4. The minimum absolute atomic E-state index is 0.483. The number of hydrogen-bond acceptors (Lipinski definition) is 2. The molecule has 92 valence electrons. The average Bonchev–Trinajstić information content (AvgIpc) is 3.21. The molecule has 1 heterocycles. The molecule has 1 aromatic carbocycles. The summed E-state index contributed by atoms with van der Waals surface area (Å²) in [5.74, 6) is 1.87. The van der Waals surface area contributed by atoms with Crippen molar-refractivity contribution in [2.75, 3.05) is 20.2 Å². The van der Waals surface area contributed by atoms with E-state index in [-0.39, 0.29) is 0 Å². The number of piperidine rings is 1. The zero-order valence-electron chi connectivity index (χ0n) is 10.5. The van der Waals surface area contributed by atoms with Crippen molar-refractivity contribution in [3.05, 3.63) is 29.8 Å². The van der Waals surface area contributed by atoms with Crippen LogP contribution in [-0.2, 0) is 5.41 Å². The summed E-state index contributed by atoms with van der Waals surface area (Å²) in [6.07, 6.45) is 5.39. The Morgan fingerprint density at radius 1 is 1.24 bits per heavy atom. The molecule has 0 atom stereocenters. The van der Waals surface area contributed by atoms with Gasteiger partial charge < -0.3 is 10.1 Å². The summed E-state index contributed by atoms with van der Waals surface area (Å²) in [4.78, 5) is 0. The van der Waals surface area contributed by atoms with Gasteiger partial charge >= 0.3 is 0 Å². The zero-order valence-corrected chi connectivity index (χ0v) is 10.5. The lowest BCUT2D eigenvalue weighted by Gasteiger charge is -2.31. The third kappa shape index (κ3) is 1.95. The maximum Gasteiger partial charge on any atom is 0.119 e. The van der Waals surface area contributed by atoms with Crippen molar-refractivity contribution in [3.8, 4) is 5.75 Å². The summed E-state index contributed by atoms with van der Waals surface area (Å²) in [5, 5.41) is 3.46. The number of rotatable bonds is 3. The van der Waals surface area contributed by atoms with Crippen LogP contribution >= 0.6 is 0 Å². The number of hydrogen-bond donors (Lipinski definition) is 1. The van der Waals surface area contributed by atoms with Crippen LogP contribution in [0.15, 0.2) is 24.3 Å². The zero-order chi connectivity index (χ0) is 11.7. The number of benzene rings is 1. The van der Waals surface area contributed by atoms with Gasteiger partial charge in [0.25, 0.3) is 0 Å². The van der Waals surface area contributed by atoms with Gasteiger partial charge in [-0.15, -0.1) is 0 Å². The van der Waals surface area contributed by atoms with Gasteiger partial charge in [0.15, 0.2) is 0 Å². The van der Waals surface area contributed by atoms with Crippen molar-refractivity contribution >= 4 is 0 Å². The van der Waals surface area contributed by atoms with Crippen molar-refractivity contribution < 1.29 is 4.74 Å². The van der Waals surface area contributed by atoms with E-state index in [1.807, 2.05) is 6.07 Å². The monoisotopic (exact) mass is 231 g/mol. The van der Waals surface area contributed by atoms with E-state index in [1.165, 1.54) is 44.3 Å². The van der Waals surface area contributed by atoms with Crippen molar-refractivity contribution in [1.82, 2.24) is 5.32 Å². The lowest BCUT2D eigenvalue weighted by atomic mass is 9.77. The van der Waals surface area contributed by atoms with Gasteiger partial charge in [-0.2, -0.15) is 0 Å². The Hall–Kier alpha value is -1.02. The topological polar surface area (TPSA) is 21.3 Å². The first-order valence-corrected chi connectivity index (χ1v) is 6.70. The van der Waals surface area contributed by atoms with Gasteiger partial charge in [0.1, 0.15) is 5.75 Å². The van der Waals surface area contributed by atoms with Gasteiger partial charge in [0, 0.05) is 0 Å². The molecule has 1 N–H and O–H groups in total. The summed E-state index contributed by atoms with van der Waals surface area (Å²) >= 11 is 0. The summed E-state index contributed by atoms with van der Waals surface area (Å²) in [6.45, 7) is 2.38. The van der Waals surface area contributed by atoms with E-state index in [0.29, 0.717) is 5.41 Å². The molecule has 0 spiro atoms. The predicted octanol–water partition coefficient (Wildman–Crippen LogP) is 2.73. The molecule has 0 aromatic heterocycles. The molecular formula is C15H21NO. The fraction of sp³-hybridized carbons (Fsp3) is 0.600. The van der Waals surface area contributed by atoms with E-state index >= 15 is 0 Å². The van der Waals surface area contributed by atoms with Crippen LogP contribution in [0.2, 0.25) is 0 Å². The predicted molar refractivity (Wildman–Crippen MR) is 69.5 cm³/mol. The highest BCUT2D eigenvalue weighted by molar-refractivity contribution is 5.38. The number of ether oxygens (including phenoxy) is 1. The lowest BCUT2D eigenvalue weighted by molar-refractivity contribution is 0.302. The molecule has 1 aromatic rings. The van der Waals surface area contributed by atoms with E-state index in [4.69, 9.17) is 4.74 Å². The summed E-state index contributed by atoms with van der Waals surface area (Å²) < 4.78 is 5.35. The van der Waals surface area contributed by atoms with Crippen molar-refractivity contribution in [1.29, 1.82) is 0 Å². The van der Waals surface area contributed by atoms with Gasteiger partial charge in [-0.1, -0.05) is 12.1 Å². The second-order valence-corrected chi connectivity index (χ2v) is 5.41. The fourth-order valence-corrected chi connectivity index (χ4v) is 3.37. The van der Waals surface area contributed by atoms with E-state index in [1.54, 1.807) is 7.11 Å². The molecule has 0 amide bonds. The highest BCUT2D eigenvalue weighted by Gasteiger charge is 2.50. The highest BCUT2D eigenvalue weighted by Crippen LogP contribution is 2.56. The number of nitrogens with one attached hydrogen (secondary N) is 1. The Kier molecular flexibility index (Phi) is 2.83. The molecule has 1 saturated heterocycles. The smallest absolute Gasteiger partial charge is 0.119 e. The first kappa shape index (κ1) is 11.1. The highest BCUT2D eigenvalue weighted by atomic mass is 16.5. The van der Waals surface area contributed by atoms with Gasteiger partial charge in [-0.3, -0.25) is 0 Å². The van der Waals surface area contributed by atoms with E-state index in [2.05, 4.69) is 23.5 Å². The second kappa shape index (κ2) is 4.34. The standard InChI is InChI=1S/C15H21NO/c1-17-14-4-2-3-13(11-14)15(7-8-15)12-5-9-16-10-6-12/h2-4,11-12,16H,5-10H2,1H3. The van der Waals surface area contributed by atoms with Crippen LogP contribution in [0.25, 0.3) is 0 Å². The molecule has 2 aliphatic rings. The van der Waals surface area contributed by atoms with Crippen LogP contribution in [0, 0.1) is 5.92 Å². The third-order valence-corrected chi connectivity index (χ3v) is 4.55. The molecule has 1 aliphatic carbocycles. The average molecular weight is 231 g/mol. The maximum absolute atomic E-state index is 5.35. The Morgan fingerprint density at radius 3 is 2.65 bits per heavy atom. The summed E-state index contributed by atoms with van der Waals surface area (Å²) in [5.41, 5.74) is 1.99. The molecule has 1 aliphatic heterocycles. The Morgan fingerprint density at radius 2 is 2.00 bits per heavy atom. The first-order valence-electron chi connectivity index (χ1n) is 6.70. The molecule has 17 heavy (non-hydrogen) atoms. The van der Waals surface area contributed by atoms with E-state index in [0.717, 1.165) is 11.7 Å². The first-order chi connectivity index (χ1) is 8.35. The maximum atomic E-state index is 5.35. The van der Waals surface area contributed by atoms with Gasteiger partial charge in [0.05, 0.1) is 7.11 Å². The Labute approximate surface area is 103 Å². The molecule has 0 bridgehead atoms. The van der Waals surface area contributed by atoms with Crippen LogP contribution in [-0.4, -0.2) is 20.2 Å². The molecule has 2 fully saturated rings. The van der Waals surface area contributed by atoms with Gasteiger partial charge in [-0.05, 0) is 67.8 Å². The third-order valence-electron chi connectivity index (χ3n) is 4.55. The SMILES string of the molecule is COc1cccc(C2(C3CCNCC3)CC2)c1. The number of methoxy groups -OCH3 is 1. The van der Waals surface area contributed by atoms with Gasteiger partial charge in [0.2, 0.25) is 0 Å². The lowest BCUT2D eigenvalue weighted by Crippen LogP contribution is -2.34. The van der Waals surface area contributed by atoms with E-state index < -0.39 is 0 Å². The van der Waals surface area contributed by atoms with Crippen LogP contribution in [0.5, 0.6) is 5.75 Å². The summed E-state index contributed by atoms with van der Waals surface area (Å²) in [6, 6.07) is 8.71. The second-order valence-electron chi connectivity index (χ2n) is 5.41. The molecule has 0 radical (unpaired) electrons. The fourth-order valence-electron chi connectivity index (χ4n) is 3.37. The largest absolute Gasteiger partial charge is 0.497 e. The molecule has 1 saturated carbocycles. The molecule has 3 rings (SSSR count). The Bertz CT molecular complexity index is 392. The molecule has 2 heteroatoms. The van der Waals surface area contributed by atoms with Crippen molar-refractivity contribution in [2.24, 2.45) is 5.92 Å². The van der Waals surface area contributed by atoms with Crippen molar-refractivity contribution in [3.63, 3.8) is 0 Å². The van der Waals surface area contributed by atoms with Crippen LogP contribution in [0.1, 0.15) is 31.2 Å². The summed E-state index contributed by atoms with van der Waals surface area (Å²) in [7, 11) is 1.75. The van der Waals surface area contributed by atoms with Crippen LogP contribution in [0.3, 0.4) is 0 Å². The minimum atomic E-state index is 0.483. The van der Waals surface area contributed by atoms with Crippen LogP contribution in [0.4, 0.5) is 0 Å². The van der Waals surface area contributed by atoms with Crippen molar-refractivity contribution in [2.45, 2.75) is 31.1 Å². The Balaban J connectivity index is 1.86. The van der Waals surface area contributed by atoms with Gasteiger partial charge in [-0.25, -0.2) is 0 Å².